The fourth-order valence-corrected chi connectivity index (χ4v) is 3.98. The molecule has 35 heavy (non-hydrogen) atoms. The number of hydrogen-bond donors (Lipinski definition) is 4. The van der Waals surface area contributed by atoms with Gasteiger partial charge in [-0.2, -0.15) is 0 Å². The lowest BCUT2D eigenvalue weighted by atomic mass is 9.91. The second-order valence-corrected chi connectivity index (χ2v) is 7.36. The van der Waals surface area contributed by atoms with E-state index in [1.165, 1.54) is 19.2 Å². The first-order valence-corrected chi connectivity index (χ1v) is 10.9. The summed E-state index contributed by atoms with van der Waals surface area (Å²) in [5, 5.41) is 15.6. The van der Waals surface area contributed by atoms with E-state index in [-0.39, 0.29) is 52.8 Å². The Morgan fingerprint density at radius 1 is 1.14 bits per heavy atom. The summed E-state index contributed by atoms with van der Waals surface area (Å²) >= 11 is 6.28. The maximum atomic E-state index is 15.5. The Kier molecular flexibility index (Phi) is 10.4. The number of nitrogens with two attached hydrogens (primary N) is 2. The fourth-order valence-electron chi connectivity index (χ4n) is 3.72. The maximum Gasteiger partial charge on any atom is 0.249 e. The number of benzene rings is 3. The average molecular weight is 509 g/mol. The van der Waals surface area contributed by atoms with E-state index < -0.39 is 23.6 Å². The SMILES string of the molecule is CN.CO.NC(=O)c1ccc(OCCO)c(F)c1-c1c(Cl)c(F)cc2c1CC(c1ccccc1)O2. The van der Waals surface area contributed by atoms with Gasteiger partial charge in [-0.05, 0) is 24.7 Å². The zero-order valence-corrected chi connectivity index (χ0v) is 20.0. The van der Waals surface area contributed by atoms with E-state index >= 15 is 4.39 Å². The molecule has 10 heteroatoms. The molecular weight excluding hydrogens is 482 g/mol. The van der Waals surface area contributed by atoms with Gasteiger partial charge in [-0.3, -0.25) is 4.79 Å². The molecule has 0 bridgehead atoms. The summed E-state index contributed by atoms with van der Waals surface area (Å²) in [5.74, 6) is -2.66. The number of fused-ring (bicyclic) bond motifs is 1. The minimum atomic E-state index is -0.928. The van der Waals surface area contributed by atoms with Gasteiger partial charge in [-0.1, -0.05) is 41.9 Å². The third-order valence-electron chi connectivity index (χ3n) is 5.09. The van der Waals surface area contributed by atoms with E-state index in [0.717, 1.165) is 18.7 Å². The molecule has 188 valence electrons. The Bertz CT molecular complexity index is 1160. The Balaban J connectivity index is 0.00000103. The van der Waals surface area contributed by atoms with Crippen LogP contribution in [0.4, 0.5) is 8.78 Å². The molecule has 1 amide bonds. The van der Waals surface area contributed by atoms with Crippen LogP contribution in [-0.2, 0) is 6.42 Å². The van der Waals surface area contributed by atoms with Crippen LogP contribution in [0.1, 0.15) is 27.6 Å². The fraction of sp³-hybridized carbons (Fsp3) is 0.240. The van der Waals surface area contributed by atoms with Gasteiger partial charge in [0.05, 0.1) is 17.2 Å². The summed E-state index contributed by atoms with van der Waals surface area (Å²) in [5.41, 5.74) is 10.8. The Morgan fingerprint density at radius 2 is 1.80 bits per heavy atom. The molecule has 0 spiro atoms. The zero-order chi connectivity index (χ0) is 26.1. The average Bonchev–Trinajstić information content (AvgIpc) is 3.30. The smallest absolute Gasteiger partial charge is 0.249 e. The molecular formula is C25H27ClF2N2O5. The minimum absolute atomic E-state index is 0.00385. The zero-order valence-electron chi connectivity index (χ0n) is 19.2. The molecule has 3 aromatic rings. The van der Waals surface area contributed by atoms with E-state index in [1.54, 1.807) is 0 Å². The standard InChI is InChI=1S/C23H18ClF2NO4.CH5N.CH4O/c24-21-15(25)11-18-14(10-17(31-18)12-4-2-1-3-5-12)19(21)20-13(23(27)29)6-7-16(22(20)26)30-9-8-28;2*1-2/h1-7,11,17,28H,8-10H2,(H2,27,29);2H2,1H3;2H,1H3. The molecule has 6 N–H and O–H groups in total. The third kappa shape index (κ3) is 5.88. The molecule has 0 saturated carbocycles. The van der Waals surface area contributed by atoms with E-state index in [2.05, 4.69) is 5.73 Å². The van der Waals surface area contributed by atoms with Crippen LogP contribution in [0, 0.1) is 11.6 Å². The molecule has 0 aliphatic carbocycles. The summed E-state index contributed by atoms with van der Waals surface area (Å²) in [6.45, 7) is -0.504. The largest absolute Gasteiger partial charge is 0.488 e. The lowest BCUT2D eigenvalue weighted by Gasteiger charge is -2.16. The summed E-state index contributed by atoms with van der Waals surface area (Å²) in [4.78, 5) is 12.1. The van der Waals surface area contributed by atoms with Gasteiger partial charge in [0.2, 0.25) is 5.91 Å². The van der Waals surface area contributed by atoms with Crippen LogP contribution in [-0.4, -0.2) is 43.5 Å². The molecule has 0 saturated heterocycles. The number of amides is 1. The molecule has 3 aromatic carbocycles. The van der Waals surface area contributed by atoms with E-state index in [0.29, 0.717) is 5.56 Å². The molecule has 1 unspecified atom stereocenters. The molecule has 1 aliphatic heterocycles. The first-order valence-electron chi connectivity index (χ1n) is 10.5. The van der Waals surface area contributed by atoms with Gasteiger partial charge in [0.1, 0.15) is 24.3 Å². The molecule has 0 fully saturated rings. The molecule has 1 aliphatic rings. The van der Waals surface area contributed by atoms with Crippen molar-refractivity contribution < 1.29 is 33.3 Å². The highest BCUT2D eigenvalue weighted by Gasteiger charge is 2.33. The molecule has 7 nitrogen and oxygen atoms in total. The van der Waals surface area contributed by atoms with Crippen LogP contribution >= 0.6 is 11.6 Å². The molecule has 1 atom stereocenters. The lowest BCUT2D eigenvalue weighted by molar-refractivity contribution is 0.100. The number of aliphatic hydroxyl groups is 2. The van der Waals surface area contributed by atoms with Crippen LogP contribution in [0.25, 0.3) is 11.1 Å². The number of halogens is 3. The Labute approximate surface area is 206 Å². The molecule has 4 rings (SSSR count). The van der Waals surface area contributed by atoms with Gasteiger partial charge in [-0.25, -0.2) is 8.78 Å². The number of rotatable bonds is 6. The highest BCUT2D eigenvalue weighted by atomic mass is 35.5. The van der Waals surface area contributed by atoms with Crippen LogP contribution in [0.3, 0.4) is 0 Å². The van der Waals surface area contributed by atoms with Crippen molar-refractivity contribution >= 4 is 17.5 Å². The predicted molar refractivity (Wildman–Crippen MR) is 130 cm³/mol. The first kappa shape index (κ1) is 28.0. The topological polar surface area (TPSA) is 128 Å². The van der Waals surface area contributed by atoms with E-state index in [4.69, 9.17) is 37.0 Å². The van der Waals surface area contributed by atoms with Crippen molar-refractivity contribution in [3.05, 3.63) is 81.9 Å². The Hall–Kier alpha value is -3.24. The van der Waals surface area contributed by atoms with Crippen LogP contribution in [0.2, 0.25) is 5.02 Å². The predicted octanol–water partition coefficient (Wildman–Crippen LogP) is 3.61. The maximum absolute atomic E-state index is 15.5. The van der Waals surface area contributed by atoms with Gasteiger partial charge in [0.15, 0.2) is 11.6 Å². The minimum Gasteiger partial charge on any atom is -0.488 e. The highest BCUT2D eigenvalue weighted by molar-refractivity contribution is 6.34. The summed E-state index contributed by atoms with van der Waals surface area (Å²) < 4.78 is 41.3. The second kappa shape index (κ2) is 13.0. The van der Waals surface area contributed by atoms with Crippen molar-refractivity contribution in [3.63, 3.8) is 0 Å². The quantitative estimate of drug-likeness (QED) is 0.402. The molecule has 0 radical (unpaired) electrons. The van der Waals surface area contributed by atoms with Gasteiger partial charge in [0.25, 0.3) is 0 Å². The number of primary amides is 1. The van der Waals surface area contributed by atoms with Crippen molar-refractivity contribution in [1.29, 1.82) is 0 Å². The lowest BCUT2D eigenvalue weighted by Crippen LogP contribution is -2.15. The molecule has 1 heterocycles. The number of carbonyl (C=O) groups is 1. The summed E-state index contributed by atoms with van der Waals surface area (Å²) in [6, 6.07) is 13.0. The van der Waals surface area contributed by atoms with Crippen molar-refractivity contribution in [1.82, 2.24) is 0 Å². The van der Waals surface area contributed by atoms with E-state index in [1.807, 2.05) is 30.3 Å². The third-order valence-corrected chi connectivity index (χ3v) is 5.46. The summed E-state index contributed by atoms with van der Waals surface area (Å²) in [6.07, 6.45) is -0.143. The Morgan fingerprint density at radius 3 is 2.40 bits per heavy atom. The normalized spacial score (nSPS) is 13.4. The van der Waals surface area contributed by atoms with E-state index in [9.17, 15) is 9.18 Å². The number of ether oxygens (including phenoxy) is 2. The van der Waals surface area contributed by atoms with Gasteiger partial charge < -0.3 is 31.2 Å². The number of carbonyl (C=O) groups excluding carboxylic acids is 1. The van der Waals surface area contributed by atoms with Gasteiger partial charge >= 0.3 is 0 Å². The van der Waals surface area contributed by atoms with Crippen molar-refractivity contribution in [3.8, 4) is 22.6 Å². The van der Waals surface area contributed by atoms with Gasteiger partial charge in [-0.15, -0.1) is 0 Å². The van der Waals surface area contributed by atoms with Gasteiger partial charge in [0, 0.05) is 36.3 Å². The van der Waals surface area contributed by atoms with Crippen LogP contribution in [0.15, 0.2) is 48.5 Å². The highest BCUT2D eigenvalue weighted by Crippen LogP contribution is 2.48. The molecule has 0 aromatic heterocycles. The monoisotopic (exact) mass is 508 g/mol. The van der Waals surface area contributed by atoms with Crippen LogP contribution < -0.4 is 20.9 Å². The van der Waals surface area contributed by atoms with Crippen molar-refractivity contribution in [2.75, 3.05) is 27.4 Å². The summed E-state index contributed by atoms with van der Waals surface area (Å²) in [7, 11) is 2.50. The first-order chi connectivity index (χ1) is 16.9. The van der Waals surface area contributed by atoms with Crippen LogP contribution in [0.5, 0.6) is 11.5 Å². The van der Waals surface area contributed by atoms with Crippen molar-refractivity contribution in [2.45, 2.75) is 12.5 Å². The number of hydrogen-bond acceptors (Lipinski definition) is 6. The van der Waals surface area contributed by atoms with Crippen molar-refractivity contribution in [2.24, 2.45) is 11.5 Å². The number of aliphatic hydroxyl groups excluding tert-OH is 2. The second-order valence-electron chi connectivity index (χ2n) is 6.98.